The lowest BCUT2D eigenvalue weighted by Gasteiger charge is -2.17. The van der Waals surface area contributed by atoms with Gasteiger partial charge in [-0.1, -0.05) is 42.5 Å². The van der Waals surface area contributed by atoms with Crippen molar-refractivity contribution >= 4 is 17.1 Å². The van der Waals surface area contributed by atoms with E-state index in [0.29, 0.717) is 18.8 Å². The second-order valence-corrected chi connectivity index (χ2v) is 8.16. The van der Waals surface area contributed by atoms with Crippen molar-refractivity contribution in [3.8, 4) is 11.4 Å². The van der Waals surface area contributed by atoms with Crippen LogP contribution in [-0.2, 0) is 13.0 Å². The first-order valence-corrected chi connectivity index (χ1v) is 11.4. The van der Waals surface area contributed by atoms with Gasteiger partial charge in [-0.2, -0.15) is 5.10 Å². The smallest absolute Gasteiger partial charge is 0.315 e. The van der Waals surface area contributed by atoms with Crippen LogP contribution >= 0.6 is 0 Å². The molecule has 0 unspecified atom stereocenters. The Labute approximate surface area is 203 Å². The summed E-state index contributed by atoms with van der Waals surface area (Å²) in [6.07, 6.45) is 2.45. The minimum atomic E-state index is -0.349. The normalized spacial score (nSPS) is 11.8. The molecular formula is C27H26N6O2. The predicted molar refractivity (Wildman–Crippen MR) is 134 cm³/mol. The molecule has 8 heteroatoms. The summed E-state index contributed by atoms with van der Waals surface area (Å²) in [5, 5.41) is 10.5. The molecule has 0 saturated heterocycles. The lowest BCUT2D eigenvalue weighted by molar-refractivity contribution is 0.236. The van der Waals surface area contributed by atoms with E-state index in [1.54, 1.807) is 11.8 Å². The van der Waals surface area contributed by atoms with Crippen LogP contribution in [0.15, 0.2) is 91.1 Å². The molecule has 0 aliphatic rings. The number of benzene rings is 3. The quantitative estimate of drug-likeness (QED) is 0.313. The molecule has 0 fully saturated rings. The maximum absolute atomic E-state index is 12.9. The fraction of sp³-hybridized carbons (Fsp3) is 0.148. The summed E-state index contributed by atoms with van der Waals surface area (Å²) in [5.74, 6) is 1.49. The van der Waals surface area contributed by atoms with Crippen molar-refractivity contribution in [2.75, 3.05) is 7.11 Å². The number of methoxy groups -OCH3 is 1. The zero-order chi connectivity index (χ0) is 24.0. The number of nitrogens with zero attached hydrogens (tertiary/aromatic N) is 3. The van der Waals surface area contributed by atoms with Crippen LogP contribution in [-0.4, -0.2) is 32.9 Å². The molecular weight excluding hydrogens is 440 g/mol. The van der Waals surface area contributed by atoms with Gasteiger partial charge in [0.1, 0.15) is 11.6 Å². The number of rotatable bonds is 8. The van der Waals surface area contributed by atoms with Crippen LogP contribution in [0.1, 0.15) is 23.1 Å². The Bertz CT molecular complexity index is 1380. The van der Waals surface area contributed by atoms with E-state index in [2.05, 4.69) is 20.7 Å². The van der Waals surface area contributed by atoms with Gasteiger partial charge in [-0.05, 0) is 54.4 Å². The first-order valence-electron chi connectivity index (χ1n) is 11.4. The number of urea groups is 1. The SMILES string of the molecule is COc1ccc(C[C@@H](NC(=O)NCc2ccn(-c3ccccc3)n2)c2nc3ccccc3[nH]2)cc1. The van der Waals surface area contributed by atoms with Gasteiger partial charge >= 0.3 is 6.03 Å². The summed E-state index contributed by atoms with van der Waals surface area (Å²) < 4.78 is 7.05. The number of carbonyl (C=O) groups excluding carboxylic acids is 1. The number of carbonyl (C=O) groups is 1. The number of para-hydroxylation sites is 3. The molecule has 5 aromatic rings. The molecule has 2 amide bonds. The number of hydrogen-bond donors (Lipinski definition) is 3. The zero-order valence-electron chi connectivity index (χ0n) is 19.3. The molecule has 1 atom stereocenters. The molecule has 0 radical (unpaired) electrons. The van der Waals surface area contributed by atoms with E-state index in [1.807, 2.05) is 91.1 Å². The molecule has 3 aromatic carbocycles. The number of fused-ring (bicyclic) bond motifs is 1. The average Bonchev–Trinajstić information content (AvgIpc) is 3.55. The third-order valence-corrected chi connectivity index (χ3v) is 5.74. The van der Waals surface area contributed by atoms with Crippen LogP contribution in [0.3, 0.4) is 0 Å². The van der Waals surface area contributed by atoms with Crippen LogP contribution in [0.4, 0.5) is 4.79 Å². The first kappa shape index (κ1) is 22.2. The number of amides is 2. The molecule has 176 valence electrons. The number of imidazole rings is 1. The summed E-state index contributed by atoms with van der Waals surface area (Å²) in [5.41, 5.74) is 4.57. The zero-order valence-corrected chi connectivity index (χ0v) is 19.3. The van der Waals surface area contributed by atoms with Crippen LogP contribution in [0.25, 0.3) is 16.7 Å². The van der Waals surface area contributed by atoms with Crippen LogP contribution in [0.5, 0.6) is 5.75 Å². The summed E-state index contributed by atoms with van der Waals surface area (Å²) in [7, 11) is 1.64. The lowest BCUT2D eigenvalue weighted by atomic mass is 10.1. The molecule has 0 bridgehead atoms. The number of ether oxygens (including phenoxy) is 1. The molecule has 0 aliphatic heterocycles. The van der Waals surface area contributed by atoms with E-state index >= 15 is 0 Å². The van der Waals surface area contributed by atoms with Gasteiger partial charge in [0.2, 0.25) is 0 Å². The van der Waals surface area contributed by atoms with E-state index in [0.717, 1.165) is 33.7 Å². The standard InChI is InChI=1S/C27H26N6O2/c1-35-22-13-11-19(12-14-22)17-25(26-29-23-9-5-6-10-24(23)30-26)31-27(34)28-18-20-15-16-33(32-20)21-7-3-2-4-8-21/h2-16,25H,17-18H2,1H3,(H,29,30)(H2,28,31,34)/t25-/m1/s1. The van der Waals surface area contributed by atoms with Gasteiger partial charge in [0.05, 0.1) is 42.1 Å². The van der Waals surface area contributed by atoms with Crippen molar-refractivity contribution in [1.29, 1.82) is 0 Å². The van der Waals surface area contributed by atoms with E-state index in [-0.39, 0.29) is 12.1 Å². The second-order valence-electron chi connectivity index (χ2n) is 8.16. The Hall–Kier alpha value is -4.59. The number of aromatic amines is 1. The van der Waals surface area contributed by atoms with Crippen molar-refractivity contribution in [1.82, 2.24) is 30.4 Å². The lowest BCUT2D eigenvalue weighted by Crippen LogP contribution is -2.38. The number of aromatic nitrogens is 4. The van der Waals surface area contributed by atoms with Crippen molar-refractivity contribution in [2.24, 2.45) is 0 Å². The van der Waals surface area contributed by atoms with Gasteiger partial charge in [0.25, 0.3) is 0 Å². The molecule has 2 heterocycles. The summed E-state index contributed by atoms with van der Waals surface area (Å²) >= 11 is 0. The highest BCUT2D eigenvalue weighted by Crippen LogP contribution is 2.21. The highest BCUT2D eigenvalue weighted by molar-refractivity contribution is 5.76. The topological polar surface area (TPSA) is 96.9 Å². The third-order valence-electron chi connectivity index (χ3n) is 5.74. The molecule has 2 aromatic heterocycles. The molecule has 5 rings (SSSR count). The average molecular weight is 467 g/mol. The monoisotopic (exact) mass is 466 g/mol. The summed E-state index contributed by atoms with van der Waals surface area (Å²) in [6.45, 7) is 0.307. The van der Waals surface area contributed by atoms with Crippen molar-refractivity contribution in [2.45, 2.75) is 19.0 Å². The molecule has 35 heavy (non-hydrogen) atoms. The highest BCUT2D eigenvalue weighted by Gasteiger charge is 2.19. The minimum Gasteiger partial charge on any atom is -0.497 e. The fourth-order valence-corrected chi connectivity index (χ4v) is 3.91. The van der Waals surface area contributed by atoms with E-state index in [4.69, 9.17) is 9.72 Å². The van der Waals surface area contributed by atoms with Crippen LogP contribution in [0.2, 0.25) is 0 Å². The molecule has 0 saturated carbocycles. The second kappa shape index (κ2) is 10.1. The van der Waals surface area contributed by atoms with Gasteiger partial charge in [-0.15, -0.1) is 0 Å². The van der Waals surface area contributed by atoms with Crippen molar-refractivity contribution in [3.05, 3.63) is 108 Å². The van der Waals surface area contributed by atoms with E-state index in [9.17, 15) is 4.79 Å². The van der Waals surface area contributed by atoms with Gasteiger partial charge in [0.15, 0.2) is 0 Å². The Balaban J connectivity index is 1.29. The van der Waals surface area contributed by atoms with Gasteiger partial charge in [-0.3, -0.25) is 0 Å². The molecule has 0 spiro atoms. The maximum atomic E-state index is 12.9. The fourth-order valence-electron chi connectivity index (χ4n) is 3.91. The molecule has 3 N–H and O–H groups in total. The molecule has 0 aliphatic carbocycles. The first-order chi connectivity index (χ1) is 17.2. The van der Waals surface area contributed by atoms with Crippen molar-refractivity contribution in [3.63, 3.8) is 0 Å². The van der Waals surface area contributed by atoms with Crippen LogP contribution in [0, 0.1) is 0 Å². The molecule has 8 nitrogen and oxygen atoms in total. The summed E-state index contributed by atoms with van der Waals surface area (Å²) in [6, 6.07) is 26.7. The van der Waals surface area contributed by atoms with Crippen LogP contribution < -0.4 is 15.4 Å². The largest absolute Gasteiger partial charge is 0.497 e. The Morgan fingerprint density at radius 2 is 1.77 bits per heavy atom. The number of nitrogens with one attached hydrogen (secondary N) is 3. The number of hydrogen-bond acceptors (Lipinski definition) is 4. The third kappa shape index (κ3) is 5.33. The summed E-state index contributed by atoms with van der Waals surface area (Å²) in [4.78, 5) is 20.9. The Kier molecular flexibility index (Phi) is 6.43. The van der Waals surface area contributed by atoms with E-state index < -0.39 is 0 Å². The Morgan fingerprint density at radius 3 is 2.54 bits per heavy atom. The van der Waals surface area contributed by atoms with E-state index in [1.165, 1.54) is 0 Å². The van der Waals surface area contributed by atoms with Gasteiger partial charge in [0, 0.05) is 6.20 Å². The number of H-pyrrole nitrogens is 1. The maximum Gasteiger partial charge on any atom is 0.315 e. The Morgan fingerprint density at radius 1 is 1.00 bits per heavy atom. The van der Waals surface area contributed by atoms with Gasteiger partial charge < -0.3 is 20.4 Å². The predicted octanol–water partition coefficient (Wildman–Crippen LogP) is 4.54. The van der Waals surface area contributed by atoms with Crippen molar-refractivity contribution < 1.29 is 9.53 Å². The van der Waals surface area contributed by atoms with Gasteiger partial charge in [-0.25, -0.2) is 14.5 Å². The highest BCUT2D eigenvalue weighted by atomic mass is 16.5. The minimum absolute atomic E-state index is 0.293.